The van der Waals surface area contributed by atoms with Crippen molar-refractivity contribution >= 4 is 26.8 Å². The number of nitrogens with one attached hydrogen (secondary N) is 1. The average molecular weight is 208 g/mol. The van der Waals surface area contributed by atoms with E-state index in [0.29, 0.717) is 0 Å². The molecule has 0 aromatic heterocycles. The lowest BCUT2D eigenvalue weighted by Crippen LogP contribution is -2.17. The molecule has 0 aliphatic carbocycles. The molecule has 2 unspecified atom stereocenters. The van der Waals surface area contributed by atoms with Crippen LogP contribution in [0.4, 0.5) is 0 Å². The molecule has 1 aliphatic rings. The first kappa shape index (κ1) is 9.85. The van der Waals surface area contributed by atoms with Crippen LogP contribution < -0.4 is 5.73 Å². The molecule has 4 nitrogen and oxygen atoms in total. The number of nitrogens with two attached hydrogens (primary N) is 1. The van der Waals surface area contributed by atoms with Crippen molar-refractivity contribution in [2.24, 2.45) is 11.7 Å². The Hall–Kier alpha value is -0.230. The van der Waals surface area contributed by atoms with Gasteiger partial charge in [0.2, 0.25) is 0 Å². The number of thioether (sulfide) groups is 1. The van der Waals surface area contributed by atoms with Crippen molar-refractivity contribution in [3.63, 3.8) is 0 Å². The van der Waals surface area contributed by atoms with Crippen LogP contribution in [-0.4, -0.2) is 30.3 Å². The monoisotopic (exact) mass is 208 g/mol. The van der Waals surface area contributed by atoms with E-state index in [9.17, 15) is 8.42 Å². The molecule has 0 spiro atoms. The number of hydrogen-bond acceptors (Lipinski definition) is 4. The zero-order valence-electron chi connectivity index (χ0n) is 6.78. The maximum atomic E-state index is 11.1. The van der Waals surface area contributed by atoms with Crippen molar-refractivity contribution in [1.82, 2.24) is 0 Å². The largest absolute Gasteiger partial charge is 0.379 e. The third kappa shape index (κ3) is 2.38. The van der Waals surface area contributed by atoms with E-state index in [0.717, 1.165) is 11.8 Å². The number of hydrogen-bond donors (Lipinski definition) is 2. The Morgan fingerprint density at radius 3 is 2.50 bits per heavy atom. The van der Waals surface area contributed by atoms with Crippen LogP contribution in [0.3, 0.4) is 0 Å². The Morgan fingerprint density at radius 1 is 1.58 bits per heavy atom. The molecule has 3 N–H and O–H groups in total. The van der Waals surface area contributed by atoms with Gasteiger partial charge in [0.15, 0.2) is 15.0 Å². The predicted octanol–water partition coefficient (Wildman–Crippen LogP) is 0.0462. The molecule has 1 saturated heterocycles. The highest BCUT2D eigenvalue weighted by atomic mass is 32.2. The maximum Gasteiger partial charge on any atom is 0.151 e. The fraction of sp³-hybridized carbons (Fsp3) is 0.833. The first-order valence-electron chi connectivity index (χ1n) is 3.62. The van der Waals surface area contributed by atoms with E-state index in [1.807, 2.05) is 6.92 Å². The molecule has 0 aromatic carbocycles. The minimum absolute atomic E-state index is 0.00366. The Bertz CT molecular complexity index is 286. The van der Waals surface area contributed by atoms with Gasteiger partial charge in [0.05, 0.1) is 11.5 Å². The van der Waals surface area contributed by atoms with E-state index in [1.54, 1.807) is 0 Å². The van der Waals surface area contributed by atoms with Crippen molar-refractivity contribution < 1.29 is 8.42 Å². The zero-order valence-corrected chi connectivity index (χ0v) is 8.41. The molecular formula is C6H12N2O2S2. The topological polar surface area (TPSA) is 84.0 Å². The molecule has 2 atom stereocenters. The second kappa shape index (κ2) is 3.26. The third-order valence-electron chi connectivity index (χ3n) is 1.85. The summed E-state index contributed by atoms with van der Waals surface area (Å²) >= 11 is 1.15. The molecule has 70 valence electrons. The lowest BCUT2D eigenvalue weighted by molar-refractivity contribution is 0.599. The molecule has 12 heavy (non-hydrogen) atoms. The van der Waals surface area contributed by atoms with Crippen LogP contribution in [0.1, 0.15) is 6.92 Å². The van der Waals surface area contributed by atoms with Gasteiger partial charge in [0.1, 0.15) is 0 Å². The minimum atomic E-state index is -2.86. The van der Waals surface area contributed by atoms with Crippen LogP contribution >= 0.6 is 11.8 Å². The van der Waals surface area contributed by atoms with Gasteiger partial charge in [0.25, 0.3) is 0 Å². The van der Waals surface area contributed by atoms with Crippen molar-refractivity contribution in [3.8, 4) is 0 Å². The van der Waals surface area contributed by atoms with E-state index in [2.05, 4.69) is 0 Å². The highest BCUT2D eigenvalue weighted by Gasteiger charge is 2.35. The van der Waals surface area contributed by atoms with Crippen LogP contribution in [0, 0.1) is 11.3 Å². The highest BCUT2D eigenvalue weighted by molar-refractivity contribution is 8.14. The van der Waals surface area contributed by atoms with Gasteiger partial charge in [-0.25, -0.2) is 8.42 Å². The summed E-state index contributed by atoms with van der Waals surface area (Å²) in [4.78, 5) is 0. The summed E-state index contributed by atoms with van der Waals surface area (Å²) in [5.41, 5.74) is 5.17. The normalized spacial score (nSPS) is 33.4. The summed E-state index contributed by atoms with van der Waals surface area (Å²) in [7, 11) is -2.86. The molecule has 0 amide bonds. The quantitative estimate of drug-likeness (QED) is 0.471. The molecule has 0 bridgehead atoms. The van der Waals surface area contributed by atoms with Gasteiger partial charge in [-0.05, 0) is 5.92 Å². The van der Waals surface area contributed by atoms with Gasteiger partial charge in [-0.2, -0.15) is 0 Å². The van der Waals surface area contributed by atoms with Gasteiger partial charge in [0, 0.05) is 5.25 Å². The summed E-state index contributed by atoms with van der Waals surface area (Å²) in [5, 5.41) is 7.01. The van der Waals surface area contributed by atoms with E-state index in [-0.39, 0.29) is 27.8 Å². The Balaban J connectivity index is 2.64. The molecule has 0 radical (unpaired) electrons. The zero-order chi connectivity index (χ0) is 9.35. The maximum absolute atomic E-state index is 11.1. The summed E-state index contributed by atoms with van der Waals surface area (Å²) in [6, 6.07) is 0. The molecule has 6 heteroatoms. The number of rotatable bonds is 1. The molecule has 1 fully saturated rings. The summed E-state index contributed by atoms with van der Waals surface area (Å²) < 4.78 is 22.2. The Kier molecular flexibility index (Phi) is 2.67. The van der Waals surface area contributed by atoms with Gasteiger partial charge in [-0.3, -0.25) is 5.41 Å². The minimum Gasteiger partial charge on any atom is -0.379 e. The Labute approximate surface area is 76.3 Å². The van der Waals surface area contributed by atoms with E-state index < -0.39 is 9.84 Å². The fourth-order valence-electron chi connectivity index (χ4n) is 1.30. The first-order chi connectivity index (χ1) is 5.41. The van der Waals surface area contributed by atoms with Crippen LogP contribution in [-0.2, 0) is 9.84 Å². The summed E-state index contributed by atoms with van der Waals surface area (Å²) in [6.45, 7) is 1.88. The molecule has 0 saturated carbocycles. The molecule has 1 heterocycles. The highest BCUT2D eigenvalue weighted by Crippen LogP contribution is 2.28. The van der Waals surface area contributed by atoms with E-state index >= 15 is 0 Å². The van der Waals surface area contributed by atoms with Gasteiger partial charge in [-0.1, -0.05) is 18.7 Å². The smallest absolute Gasteiger partial charge is 0.151 e. The van der Waals surface area contributed by atoms with Crippen molar-refractivity contribution in [2.75, 3.05) is 11.5 Å². The predicted molar refractivity (Wildman–Crippen MR) is 51.1 cm³/mol. The number of sulfone groups is 1. The molecule has 1 aliphatic heterocycles. The average Bonchev–Trinajstić information content (AvgIpc) is 2.03. The van der Waals surface area contributed by atoms with Crippen LogP contribution in [0.25, 0.3) is 0 Å². The molecule has 0 aromatic rings. The van der Waals surface area contributed by atoms with Crippen molar-refractivity contribution in [2.45, 2.75) is 12.2 Å². The number of amidine groups is 1. The fourth-order valence-corrected chi connectivity index (χ4v) is 4.97. The van der Waals surface area contributed by atoms with Crippen LogP contribution in [0.2, 0.25) is 0 Å². The van der Waals surface area contributed by atoms with E-state index in [1.165, 1.54) is 0 Å². The third-order valence-corrected chi connectivity index (χ3v) is 5.15. The van der Waals surface area contributed by atoms with Crippen molar-refractivity contribution in [1.29, 1.82) is 5.41 Å². The van der Waals surface area contributed by atoms with Crippen LogP contribution in [0.5, 0.6) is 0 Å². The van der Waals surface area contributed by atoms with Gasteiger partial charge >= 0.3 is 0 Å². The van der Waals surface area contributed by atoms with Gasteiger partial charge in [-0.15, -0.1) is 0 Å². The summed E-state index contributed by atoms with van der Waals surface area (Å²) in [6.07, 6.45) is 0. The second-order valence-electron chi connectivity index (χ2n) is 3.07. The lowest BCUT2D eigenvalue weighted by Gasteiger charge is -2.10. The standard InChI is InChI=1S/C6H12N2O2S2/c1-4-2-12(9,10)3-5(4)11-6(7)8/h4-5H,2-3H2,1H3,(H3,7,8). The summed E-state index contributed by atoms with van der Waals surface area (Å²) in [5.74, 6) is 0.514. The molecule has 1 rings (SSSR count). The van der Waals surface area contributed by atoms with Crippen LogP contribution in [0.15, 0.2) is 0 Å². The lowest BCUT2D eigenvalue weighted by atomic mass is 10.2. The Morgan fingerprint density at radius 2 is 2.17 bits per heavy atom. The first-order valence-corrected chi connectivity index (χ1v) is 6.32. The second-order valence-corrected chi connectivity index (χ2v) is 6.51. The SMILES string of the molecule is CC1CS(=O)(=O)CC1SC(=N)N. The van der Waals surface area contributed by atoms with Gasteiger partial charge < -0.3 is 5.73 Å². The molecular weight excluding hydrogens is 196 g/mol. The van der Waals surface area contributed by atoms with E-state index in [4.69, 9.17) is 11.1 Å². The van der Waals surface area contributed by atoms with Crippen molar-refractivity contribution in [3.05, 3.63) is 0 Å².